The molecule has 1 aromatic rings. The van der Waals surface area contributed by atoms with Crippen molar-refractivity contribution in [3.8, 4) is 0 Å². The van der Waals surface area contributed by atoms with Gasteiger partial charge in [-0.25, -0.2) is 0 Å². The standard InChI is InChI=1S/C8H11BrN2OS/c1-5(3-10)11-8(12)7-2-6(9)4-13-7/h2,4-5H,3,10H2,1H3,(H,11,12)/t5-/m0/s1. The molecule has 1 atom stereocenters. The van der Waals surface area contributed by atoms with Gasteiger partial charge in [0.05, 0.1) is 4.88 Å². The molecule has 0 saturated heterocycles. The highest BCUT2D eigenvalue weighted by atomic mass is 79.9. The molecule has 3 nitrogen and oxygen atoms in total. The van der Waals surface area contributed by atoms with Crippen molar-refractivity contribution in [1.82, 2.24) is 5.32 Å². The number of nitrogens with two attached hydrogens (primary N) is 1. The second-order valence-electron chi connectivity index (χ2n) is 2.74. The van der Waals surface area contributed by atoms with E-state index in [4.69, 9.17) is 5.73 Å². The number of hydrogen-bond acceptors (Lipinski definition) is 3. The van der Waals surface area contributed by atoms with Gasteiger partial charge in [-0.05, 0) is 28.9 Å². The summed E-state index contributed by atoms with van der Waals surface area (Å²) in [5.74, 6) is -0.0614. The molecular formula is C8H11BrN2OS. The SMILES string of the molecule is C[C@@H](CN)NC(=O)c1cc(Br)cs1. The van der Waals surface area contributed by atoms with Gasteiger partial charge in [0.15, 0.2) is 0 Å². The molecule has 13 heavy (non-hydrogen) atoms. The van der Waals surface area contributed by atoms with Crippen molar-refractivity contribution in [2.45, 2.75) is 13.0 Å². The quantitative estimate of drug-likeness (QED) is 0.870. The van der Waals surface area contributed by atoms with Crippen molar-refractivity contribution < 1.29 is 4.79 Å². The molecule has 0 saturated carbocycles. The number of halogens is 1. The lowest BCUT2D eigenvalue weighted by Crippen LogP contribution is -2.37. The Labute approximate surface area is 89.5 Å². The summed E-state index contributed by atoms with van der Waals surface area (Å²) in [6.07, 6.45) is 0. The zero-order chi connectivity index (χ0) is 9.84. The van der Waals surface area contributed by atoms with Gasteiger partial charge in [-0.3, -0.25) is 4.79 Å². The first kappa shape index (κ1) is 10.7. The maximum Gasteiger partial charge on any atom is 0.261 e. The molecule has 0 aliphatic carbocycles. The Bertz CT molecular complexity index is 300. The van der Waals surface area contributed by atoms with Crippen molar-refractivity contribution in [1.29, 1.82) is 0 Å². The zero-order valence-corrected chi connectivity index (χ0v) is 9.61. The summed E-state index contributed by atoms with van der Waals surface area (Å²) in [6.45, 7) is 2.33. The van der Waals surface area contributed by atoms with E-state index in [1.165, 1.54) is 11.3 Å². The van der Waals surface area contributed by atoms with E-state index in [1.54, 1.807) is 6.07 Å². The first-order valence-corrected chi connectivity index (χ1v) is 5.55. The molecule has 0 fully saturated rings. The minimum atomic E-state index is -0.0614. The Morgan fingerprint density at radius 3 is 3.00 bits per heavy atom. The second kappa shape index (κ2) is 4.74. The summed E-state index contributed by atoms with van der Waals surface area (Å²) < 4.78 is 0.933. The number of hydrogen-bond donors (Lipinski definition) is 2. The van der Waals surface area contributed by atoms with Crippen LogP contribution in [-0.4, -0.2) is 18.5 Å². The van der Waals surface area contributed by atoms with Gasteiger partial charge in [0.25, 0.3) is 5.91 Å². The smallest absolute Gasteiger partial charge is 0.261 e. The lowest BCUT2D eigenvalue weighted by Gasteiger charge is -2.09. The Balaban J connectivity index is 2.58. The van der Waals surface area contributed by atoms with Crippen LogP contribution in [0, 0.1) is 0 Å². The van der Waals surface area contributed by atoms with Crippen LogP contribution in [0.1, 0.15) is 16.6 Å². The van der Waals surface area contributed by atoms with Gasteiger partial charge in [0, 0.05) is 22.4 Å². The largest absolute Gasteiger partial charge is 0.348 e. The molecule has 0 bridgehead atoms. The van der Waals surface area contributed by atoms with E-state index in [-0.39, 0.29) is 11.9 Å². The van der Waals surface area contributed by atoms with Crippen LogP contribution in [0.2, 0.25) is 0 Å². The summed E-state index contributed by atoms with van der Waals surface area (Å²) in [4.78, 5) is 12.2. The zero-order valence-electron chi connectivity index (χ0n) is 7.21. The highest BCUT2D eigenvalue weighted by molar-refractivity contribution is 9.10. The van der Waals surface area contributed by atoms with E-state index < -0.39 is 0 Å². The summed E-state index contributed by atoms with van der Waals surface area (Å²) in [7, 11) is 0. The third kappa shape index (κ3) is 3.10. The number of rotatable bonds is 3. The van der Waals surface area contributed by atoms with Crippen LogP contribution in [0.5, 0.6) is 0 Å². The van der Waals surface area contributed by atoms with Gasteiger partial charge >= 0.3 is 0 Å². The van der Waals surface area contributed by atoms with Gasteiger partial charge in [-0.15, -0.1) is 11.3 Å². The van der Waals surface area contributed by atoms with E-state index in [0.717, 1.165) is 4.47 Å². The number of nitrogens with one attached hydrogen (secondary N) is 1. The van der Waals surface area contributed by atoms with Crippen LogP contribution in [0.3, 0.4) is 0 Å². The molecule has 3 N–H and O–H groups in total. The van der Waals surface area contributed by atoms with Gasteiger partial charge in [-0.1, -0.05) is 0 Å². The maximum absolute atomic E-state index is 11.5. The van der Waals surface area contributed by atoms with Gasteiger partial charge in [0.2, 0.25) is 0 Å². The van der Waals surface area contributed by atoms with Gasteiger partial charge in [0.1, 0.15) is 0 Å². The number of carbonyl (C=O) groups is 1. The minimum Gasteiger partial charge on any atom is -0.348 e. The summed E-state index contributed by atoms with van der Waals surface area (Å²) >= 11 is 4.70. The number of carbonyl (C=O) groups excluding carboxylic acids is 1. The van der Waals surface area contributed by atoms with E-state index in [9.17, 15) is 4.79 Å². The Kier molecular flexibility index (Phi) is 3.90. The molecule has 1 heterocycles. The van der Waals surface area contributed by atoms with E-state index >= 15 is 0 Å². The number of thiophene rings is 1. The molecule has 72 valence electrons. The molecule has 0 radical (unpaired) electrons. The van der Waals surface area contributed by atoms with Crippen LogP contribution < -0.4 is 11.1 Å². The van der Waals surface area contributed by atoms with Crippen LogP contribution in [0.4, 0.5) is 0 Å². The van der Waals surface area contributed by atoms with E-state index in [0.29, 0.717) is 11.4 Å². The maximum atomic E-state index is 11.5. The molecule has 0 aliphatic rings. The molecule has 0 unspecified atom stereocenters. The molecule has 5 heteroatoms. The number of amides is 1. The first-order chi connectivity index (χ1) is 6.13. The third-order valence-corrected chi connectivity index (χ3v) is 3.21. The average Bonchev–Trinajstić information content (AvgIpc) is 2.51. The molecule has 0 spiro atoms. The Hall–Kier alpha value is -0.390. The second-order valence-corrected chi connectivity index (χ2v) is 4.57. The fourth-order valence-electron chi connectivity index (χ4n) is 0.786. The van der Waals surface area contributed by atoms with Crippen molar-refractivity contribution in [2.24, 2.45) is 5.73 Å². The average molecular weight is 263 g/mol. The normalized spacial score (nSPS) is 12.5. The molecule has 0 aromatic carbocycles. The summed E-state index contributed by atoms with van der Waals surface area (Å²) in [6, 6.07) is 1.82. The van der Waals surface area contributed by atoms with Crippen molar-refractivity contribution in [3.63, 3.8) is 0 Å². The Morgan fingerprint density at radius 1 is 1.85 bits per heavy atom. The first-order valence-electron chi connectivity index (χ1n) is 3.88. The van der Waals surface area contributed by atoms with Crippen LogP contribution in [0.15, 0.2) is 15.9 Å². The highest BCUT2D eigenvalue weighted by Crippen LogP contribution is 2.19. The molecule has 1 aromatic heterocycles. The molecule has 1 amide bonds. The van der Waals surface area contributed by atoms with Crippen LogP contribution in [-0.2, 0) is 0 Å². The van der Waals surface area contributed by atoms with E-state index in [1.807, 2.05) is 12.3 Å². The third-order valence-electron chi connectivity index (χ3n) is 1.52. The molecule has 1 rings (SSSR count). The topological polar surface area (TPSA) is 55.1 Å². The van der Waals surface area contributed by atoms with Crippen LogP contribution in [0.25, 0.3) is 0 Å². The highest BCUT2D eigenvalue weighted by Gasteiger charge is 2.10. The molecular weight excluding hydrogens is 252 g/mol. The lowest BCUT2D eigenvalue weighted by molar-refractivity contribution is 0.0945. The van der Waals surface area contributed by atoms with Crippen LogP contribution >= 0.6 is 27.3 Å². The predicted octanol–water partition coefficient (Wildman–Crippen LogP) is 1.59. The van der Waals surface area contributed by atoms with Crippen molar-refractivity contribution in [3.05, 3.63) is 20.8 Å². The van der Waals surface area contributed by atoms with Crippen molar-refractivity contribution in [2.75, 3.05) is 6.54 Å². The van der Waals surface area contributed by atoms with Gasteiger partial charge < -0.3 is 11.1 Å². The fraction of sp³-hybridized carbons (Fsp3) is 0.375. The monoisotopic (exact) mass is 262 g/mol. The lowest BCUT2D eigenvalue weighted by atomic mass is 10.3. The minimum absolute atomic E-state index is 0.0216. The summed E-state index contributed by atoms with van der Waals surface area (Å²) in [5.41, 5.74) is 5.38. The fourth-order valence-corrected chi connectivity index (χ4v) is 2.12. The Morgan fingerprint density at radius 2 is 2.54 bits per heavy atom. The van der Waals surface area contributed by atoms with E-state index in [2.05, 4.69) is 21.2 Å². The van der Waals surface area contributed by atoms with Crippen molar-refractivity contribution >= 4 is 33.2 Å². The summed E-state index contributed by atoms with van der Waals surface area (Å²) in [5, 5.41) is 4.66. The van der Waals surface area contributed by atoms with Gasteiger partial charge in [-0.2, -0.15) is 0 Å². The predicted molar refractivity (Wildman–Crippen MR) is 58.0 cm³/mol. The molecule has 0 aliphatic heterocycles.